The Morgan fingerprint density at radius 3 is 2.47 bits per heavy atom. The summed E-state index contributed by atoms with van der Waals surface area (Å²) in [5.74, 6) is -0.828. The summed E-state index contributed by atoms with van der Waals surface area (Å²) in [5, 5.41) is 0. The summed E-state index contributed by atoms with van der Waals surface area (Å²) in [6, 6.07) is 0. The number of hydrogen-bond donors (Lipinski definition) is 0. The van der Waals surface area contributed by atoms with Gasteiger partial charge < -0.3 is 14.2 Å². The standard InChI is InChI=1S/C15H26O4/c1-10(2)15(7,13(16)18-11(3)4)8-12-9-17-14(5,6)19-12/h11-12H,1,8-9H2,2-7H3/t12-,15+/m0/s1. The number of rotatable bonds is 5. The Balaban J connectivity index is 2.78. The molecule has 1 saturated heterocycles. The minimum atomic E-state index is -0.737. The zero-order valence-corrected chi connectivity index (χ0v) is 12.9. The maximum atomic E-state index is 12.3. The van der Waals surface area contributed by atoms with Gasteiger partial charge in [0.1, 0.15) is 0 Å². The summed E-state index contributed by atoms with van der Waals surface area (Å²) in [7, 11) is 0. The molecule has 1 aliphatic heterocycles. The van der Waals surface area contributed by atoms with Crippen LogP contribution in [0.3, 0.4) is 0 Å². The van der Waals surface area contributed by atoms with E-state index >= 15 is 0 Å². The second-order valence-corrected chi connectivity index (χ2v) is 6.22. The second kappa shape index (κ2) is 5.63. The fourth-order valence-corrected chi connectivity index (χ4v) is 2.09. The molecule has 1 heterocycles. The van der Waals surface area contributed by atoms with Gasteiger partial charge >= 0.3 is 5.97 Å². The molecule has 0 bridgehead atoms. The van der Waals surface area contributed by atoms with E-state index in [2.05, 4.69) is 6.58 Å². The van der Waals surface area contributed by atoms with Crippen molar-refractivity contribution in [1.82, 2.24) is 0 Å². The third kappa shape index (κ3) is 4.05. The highest BCUT2D eigenvalue weighted by Crippen LogP contribution is 2.37. The molecule has 4 nitrogen and oxygen atoms in total. The maximum Gasteiger partial charge on any atom is 0.316 e. The first-order chi connectivity index (χ1) is 8.57. The molecule has 0 aromatic carbocycles. The van der Waals surface area contributed by atoms with E-state index in [-0.39, 0.29) is 18.2 Å². The van der Waals surface area contributed by atoms with Crippen molar-refractivity contribution in [1.29, 1.82) is 0 Å². The first kappa shape index (κ1) is 16.2. The Morgan fingerprint density at radius 2 is 2.11 bits per heavy atom. The van der Waals surface area contributed by atoms with Gasteiger partial charge in [-0.1, -0.05) is 12.2 Å². The van der Waals surface area contributed by atoms with E-state index in [1.54, 1.807) is 0 Å². The monoisotopic (exact) mass is 270 g/mol. The lowest BCUT2D eigenvalue weighted by Gasteiger charge is -2.31. The number of ether oxygens (including phenoxy) is 3. The fraction of sp³-hybridized carbons (Fsp3) is 0.800. The Hall–Kier alpha value is -0.870. The van der Waals surface area contributed by atoms with Crippen molar-refractivity contribution in [2.75, 3.05) is 6.61 Å². The van der Waals surface area contributed by atoms with Crippen LogP contribution in [0.5, 0.6) is 0 Å². The van der Waals surface area contributed by atoms with Crippen molar-refractivity contribution in [2.45, 2.75) is 66.0 Å². The quantitative estimate of drug-likeness (QED) is 0.569. The van der Waals surface area contributed by atoms with Crippen LogP contribution in [0.2, 0.25) is 0 Å². The van der Waals surface area contributed by atoms with E-state index in [1.165, 1.54) is 0 Å². The van der Waals surface area contributed by atoms with Crippen LogP contribution in [-0.2, 0) is 19.0 Å². The third-order valence-electron chi connectivity index (χ3n) is 3.44. The molecule has 1 fully saturated rings. The highest BCUT2D eigenvalue weighted by Gasteiger charge is 2.43. The van der Waals surface area contributed by atoms with Crippen LogP contribution in [0, 0.1) is 5.41 Å². The maximum absolute atomic E-state index is 12.3. The largest absolute Gasteiger partial charge is 0.462 e. The predicted octanol–water partition coefficient (Wildman–Crippen LogP) is 3.06. The lowest BCUT2D eigenvalue weighted by Crippen LogP contribution is -2.37. The summed E-state index contributed by atoms with van der Waals surface area (Å²) >= 11 is 0. The zero-order chi connectivity index (χ0) is 14.8. The molecule has 110 valence electrons. The summed E-state index contributed by atoms with van der Waals surface area (Å²) < 4.78 is 16.7. The van der Waals surface area contributed by atoms with Gasteiger partial charge in [-0.15, -0.1) is 0 Å². The minimum Gasteiger partial charge on any atom is -0.462 e. The first-order valence-electron chi connectivity index (χ1n) is 6.75. The van der Waals surface area contributed by atoms with Crippen LogP contribution < -0.4 is 0 Å². The molecule has 0 aromatic rings. The van der Waals surface area contributed by atoms with E-state index in [1.807, 2.05) is 41.5 Å². The van der Waals surface area contributed by atoms with E-state index in [0.29, 0.717) is 13.0 Å². The van der Waals surface area contributed by atoms with E-state index in [0.717, 1.165) is 5.57 Å². The Morgan fingerprint density at radius 1 is 1.53 bits per heavy atom. The van der Waals surface area contributed by atoms with Crippen LogP contribution in [0.4, 0.5) is 0 Å². The molecule has 0 aliphatic carbocycles. The van der Waals surface area contributed by atoms with Gasteiger partial charge in [0.25, 0.3) is 0 Å². The molecule has 0 amide bonds. The highest BCUT2D eigenvalue weighted by molar-refractivity contribution is 5.80. The average Bonchev–Trinajstić information content (AvgIpc) is 2.56. The van der Waals surface area contributed by atoms with E-state index in [4.69, 9.17) is 14.2 Å². The summed E-state index contributed by atoms with van der Waals surface area (Å²) in [4.78, 5) is 12.3. The van der Waals surface area contributed by atoms with Crippen molar-refractivity contribution in [3.05, 3.63) is 12.2 Å². The SMILES string of the molecule is C=C(C)[C@@](C)(C[C@H]1COC(C)(C)O1)C(=O)OC(C)C. The van der Waals surface area contributed by atoms with Gasteiger partial charge in [-0.2, -0.15) is 0 Å². The zero-order valence-electron chi connectivity index (χ0n) is 12.9. The van der Waals surface area contributed by atoms with Crippen LogP contribution >= 0.6 is 0 Å². The lowest BCUT2D eigenvalue weighted by molar-refractivity contribution is -0.162. The number of hydrogen-bond acceptors (Lipinski definition) is 4. The van der Waals surface area contributed by atoms with Crippen LogP contribution in [0.15, 0.2) is 12.2 Å². The molecule has 4 heteroatoms. The summed E-state index contributed by atoms with van der Waals surface area (Å²) in [5.41, 5.74) is 0.0464. The van der Waals surface area contributed by atoms with Crippen LogP contribution in [0.25, 0.3) is 0 Å². The first-order valence-corrected chi connectivity index (χ1v) is 6.75. The van der Waals surface area contributed by atoms with Gasteiger partial charge in [0.2, 0.25) is 0 Å². The topological polar surface area (TPSA) is 44.8 Å². The van der Waals surface area contributed by atoms with Crippen LogP contribution in [0.1, 0.15) is 48.0 Å². The van der Waals surface area contributed by atoms with E-state index < -0.39 is 11.2 Å². The average molecular weight is 270 g/mol. The van der Waals surface area contributed by atoms with Gasteiger partial charge in [0, 0.05) is 0 Å². The number of esters is 1. The molecular weight excluding hydrogens is 244 g/mol. The molecule has 0 spiro atoms. The molecule has 0 saturated carbocycles. The highest BCUT2D eigenvalue weighted by atomic mass is 16.7. The Kier molecular flexibility index (Phi) is 4.80. The summed E-state index contributed by atoms with van der Waals surface area (Å²) in [6.45, 7) is 15.6. The van der Waals surface area contributed by atoms with Gasteiger partial charge in [-0.25, -0.2) is 0 Å². The normalized spacial score (nSPS) is 25.1. The molecule has 19 heavy (non-hydrogen) atoms. The molecule has 0 radical (unpaired) electrons. The van der Waals surface area contributed by atoms with Crippen molar-refractivity contribution < 1.29 is 19.0 Å². The van der Waals surface area contributed by atoms with Crippen molar-refractivity contribution >= 4 is 5.97 Å². The van der Waals surface area contributed by atoms with E-state index in [9.17, 15) is 4.79 Å². The van der Waals surface area contributed by atoms with Gasteiger partial charge in [0.15, 0.2) is 5.79 Å². The van der Waals surface area contributed by atoms with Gasteiger partial charge in [0.05, 0.1) is 24.2 Å². The van der Waals surface area contributed by atoms with Crippen molar-refractivity contribution in [3.63, 3.8) is 0 Å². The molecule has 1 aliphatic rings. The molecule has 1 rings (SSSR count). The van der Waals surface area contributed by atoms with Crippen molar-refractivity contribution in [2.24, 2.45) is 5.41 Å². The fourth-order valence-electron chi connectivity index (χ4n) is 2.09. The number of carbonyl (C=O) groups excluding carboxylic acids is 1. The van der Waals surface area contributed by atoms with Crippen molar-refractivity contribution in [3.8, 4) is 0 Å². The lowest BCUT2D eigenvalue weighted by atomic mass is 9.78. The summed E-state index contributed by atoms with van der Waals surface area (Å²) in [6.07, 6.45) is 0.275. The second-order valence-electron chi connectivity index (χ2n) is 6.22. The number of carbonyl (C=O) groups is 1. The Labute approximate surface area is 116 Å². The molecular formula is C15H26O4. The minimum absolute atomic E-state index is 0.114. The molecule has 0 N–H and O–H groups in total. The smallest absolute Gasteiger partial charge is 0.316 e. The predicted molar refractivity (Wildman–Crippen MR) is 73.7 cm³/mol. The van der Waals surface area contributed by atoms with Gasteiger partial charge in [-0.05, 0) is 48.0 Å². The van der Waals surface area contributed by atoms with Gasteiger partial charge in [-0.3, -0.25) is 4.79 Å². The molecule has 2 atom stereocenters. The molecule has 0 unspecified atom stereocenters. The van der Waals surface area contributed by atoms with Crippen LogP contribution in [-0.4, -0.2) is 30.6 Å². The third-order valence-corrected chi connectivity index (χ3v) is 3.44. The molecule has 0 aromatic heterocycles. The Bertz CT molecular complexity index is 359.